The third-order valence-electron chi connectivity index (χ3n) is 2.98. The Hall–Kier alpha value is -1.86. The lowest BCUT2D eigenvalue weighted by Gasteiger charge is -2.12. The molecule has 1 atom stereocenters. The van der Waals surface area contributed by atoms with Gasteiger partial charge >= 0.3 is 0 Å². The quantitative estimate of drug-likeness (QED) is 0.894. The Bertz CT molecular complexity index is 622. The Morgan fingerprint density at radius 2 is 2.35 bits per heavy atom. The summed E-state index contributed by atoms with van der Waals surface area (Å²) in [5.41, 5.74) is 1.41. The molecule has 0 saturated carbocycles. The summed E-state index contributed by atoms with van der Waals surface area (Å²) in [6.07, 6.45) is 0. The van der Waals surface area contributed by atoms with Crippen LogP contribution < -0.4 is 10.6 Å². The van der Waals surface area contributed by atoms with E-state index >= 15 is 0 Å². The van der Waals surface area contributed by atoms with E-state index in [0.29, 0.717) is 17.4 Å². The number of benzene rings is 1. The largest absolute Gasteiger partial charge is 0.334 e. The number of anilines is 1. The highest BCUT2D eigenvalue weighted by Gasteiger charge is 2.23. The maximum atomic E-state index is 12.1. The van der Waals surface area contributed by atoms with Crippen LogP contribution in [0, 0.1) is 6.92 Å². The number of carbonyl (C=O) groups is 1. The molecule has 20 heavy (non-hydrogen) atoms. The molecule has 1 aliphatic rings. The van der Waals surface area contributed by atoms with Crippen molar-refractivity contribution in [3.63, 3.8) is 0 Å². The van der Waals surface area contributed by atoms with E-state index in [1.165, 1.54) is 0 Å². The van der Waals surface area contributed by atoms with E-state index < -0.39 is 0 Å². The summed E-state index contributed by atoms with van der Waals surface area (Å²) in [5, 5.41) is 9.83. The number of amides is 1. The maximum Gasteiger partial charge on any atom is 0.260 e. The molecule has 0 spiro atoms. The first-order valence-corrected chi connectivity index (χ1v) is 7.41. The first-order chi connectivity index (χ1) is 9.74. The van der Waals surface area contributed by atoms with E-state index in [1.54, 1.807) is 18.7 Å². The van der Waals surface area contributed by atoms with Crippen molar-refractivity contribution < 1.29 is 9.32 Å². The van der Waals surface area contributed by atoms with Crippen molar-refractivity contribution in [1.29, 1.82) is 0 Å². The number of nitrogens with zero attached hydrogens (tertiary/aromatic N) is 2. The molecule has 104 valence electrons. The average Bonchev–Trinajstić information content (AvgIpc) is 3.10. The van der Waals surface area contributed by atoms with Crippen LogP contribution in [-0.2, 0) is 4.79 Å². The summed E-state index contributed by atoms with van der Waals surface area (Å²) in [4.78, 5) is 16.3. The van der Waals surface area contributed by atoms with Gasteiger partial charge in [-0.2, -0.15) is 4.98 Å². The number of aromatic nitrogens is 2. The van der Waals surface area contributed by atoms with Gasteiger partial charge in [0.05, 0.1) is 17.3 Å². The number of para-hydroxylation sites is 1. The minimum Gasteiger partial charge on any atom is -0.334 e. The van der Waals surface area contributed by atoms with E-state index in [-0.39, 0.29) is 11.9 Å². The third kappa shape index (κ3) is 2.68. The van der Waals surface area contributed by atoms with Gasteiger partial charge in [0.1, 0.15) is 0 Å². The summed E-state index contributed by atoms with van der Waals surface area (Å²) in [6, 6.07) is 7.25. The third-order valence-corrected chi connectivity index (χ3v) is 3.92. The van der Waals surface area contributed by atoms with Crippen LogP contribution in [0.4, 0.5) is 5.69 Å². The van der Waals surface area contributed by atoms with Crippen molar-refractivity contribution in [1.82, 2.24) is 15.5 Å². The molecule has 1 unspecified atom stereocenters. The minimum absolute atomic E-state index is 0.0429. The molecule has 0 bridgehead atoms. The van der Waals surface area contributed by atoms with Crippen LogP contribution in [0.5, 0.6) is 0 Å². The zero-order valence-electron chi connectivity index (χ0n) is 10.9. The standard InChI is InChI=1S/C13H14N4O2S/c1-8-15-13(19-17-8)9-4-2-3-5-10(9)16-12(18)11-6-20-7-14-11/h2-5,11,14H,6-7H2,1H3,(H,16,18). The monoisotopic (exact) mass is 290 g/mol. The topological polar surface area (TPSA) is 80.0 Å². The number of nitrogens with one attached hydrogen (secondary N) is 2. The summed E-state index contributed by atoms with van der Waals surface area (Å²) in [5.74, 6) is 2.52. The van der Waals surface area contributed by atoms with E-state index in [1.807, 2.05) is 24.3 Å². The zero-order chi connectivity index (χ0) is 13.9. The molecule has 1 amide bonds. The lowest BCUT2D eigenvalue weighted by atomic mass is 10.1. The molecule has 1 saturated heterocycles. The van der Waals surface area contributed by atoms with Crippen LogP contribution in [0.25, 0.3) is 11.5 Å². The Morgan fingerprint density at radius 1 is 1.50 bits per heavy atom. The van der Waals surface area contributed by atoms with Crippen molar-refractivity contribution in [2.24, 2.45) is 0 Å². The first kappa shape index (κ1) is 13.1. The zero-order valence-corrected chi connectivity index (χ0v) is 11.7. The van der Waals surface area contributed by atoms with Gasteiger partial charge in [0, 0.05) is 11.6 Å². The first-order valence-electron chi connectivity index (χ1n) is 6.26. The molecule has 3 rings (SSSR count). The maximum absolute atomic E-state index is 12.1. The van der Waals surface area contributed by atoms with Crippen LogP contribution in [0.15, 0.2) is 28.8 Å². The van der Waals surface area contributed by atoms with Crippen LogP contribution >= 0.6 is 11.8 Å². The van der Waals surface area contributed by atoms with Crippen molar-refractivity contribution >= 4 is 23.4 Å². The molecule has 6 nitrogen and oxygen atoms in total. The molecule has 0 aliphatic carbocycles. The molecule has 0 radical (unpaired) electrons. The second kappa shape index (κ2) is 5.64. The normalized spacial score (nSPS) is 18.1. The van der Waals surface area contributed by atoms with Crippen LogP contribution in [0.1, 0.15) is 5.82 Å². The number of thioether (sulfide) groups is 1. The fourth-order valence-corrected chi connectivity index (χ4v) is 2.91. The van der Waals surface area contributed by atoms with Gasteiger partial charge < -0.3 is 9.84 Å². The molecule has 2 heterocycles. The van der Waals surface area contributed by atoms with Crippen molar-refractivity contribution in [3.8, 4) is 11.5 Å². The van der Waals surface area contributed by atoms with Crippen LogP contribution in [0.3, 0.4) is 0 Å². The Kier molecular flexibility index (Phi) is 3.70. The van der Waals surface area contributed by atoms with Gasteiger partial charge in [0.25, 0.3) is 5.89 Å². The molecule has 2 aromatic rings. The lowest BCUT2D eigenvalue weighted by molar-refractivity contribution is -0.117. The molecule has 1 aromatic heterocycles. The molecule has 7 heteroatoms. The fraction of sp³-hybridized carbons (Fsp3) is 0.308. The summed E-state index contributed by atoms with van der Waals surface area (Å²) < 4.78 is 5.17. The van der Waals surface area contributed by atoms with Crippen LogP contribution in [-0.4, -0.2) is 33.7 Å². The molecule has 1 aromatic carbocycles. The van der Waals surface area contributed by atoms with Crippen molar-refractivity contribution in [2.45, 2.75) is 13.0 Å². The highest BCUT2D eigenvalue weighted by molar-refractivity contribution is 7.99. The van der Waals surface area contributed by atoms with Crippen molar-refractivity contribution in [2.75, 3.05) is 16.9 Å². The minimum atomic E-state index is -0.155. The predicted molar refractivity (Wildman–Crippen MR) is 77.3 cm³/mol. The van der Waals surface area contributed by atoms with E-state index in [4.69, 9.17) is 4.52 Å². The Labute approximate surface area is 120 Å². The summed E-state index contributed by atoms with van der Waals surface area (Å²) in [7, 11) is 0. The SMILES string of the molecule is Cc1noc(-c2ccccc2NC(=O)C2CSCN2)n1. The van der Waals surface area contributed by atoms with Gasteiger partial charge in [-0.1, -0.05) is 17.3 Å². The van der Waals surface area contributed by atoms with Gasteiger partial charge in [-0.25, -0.2) is 0 Å². The summed E-state index contributed by atoms with van der Waals surface area (Å²) >= 11 is 1.71. The van der Waals surface area contributed by atoms with E-state index in [2.05, 4.69) is 20.8 Å². The summed E-state index contributed by atoms with van der Waals surface area (Å²) in [6.45, 7) is 1.76. The second-order valence-corrected chi connectivity index (χ2v) is 5.48. The van der Waals surface area contributed by atoms with Crippen LogP contribution in [0.2, 0.25) is 0 Å². The molecular formula is C13H14N4O2S. The van der Waals surface area contributed by atoms with Gasteiger partial charge in [0.2, 0.25) is 5.91 Å². The van der Waals surface area contributed by atoms with Gasteiger partial charge in [-0.15, -0.1) is 11.8 Å². The number of carbonyl (C=O) groups excluding carboxylic acids is 1. The van der Waals surface area contributed by atoms with Gasteiger partial charge in [-0.05, 0) is 19.1 Å². The average molecular weight is 290 g/mol. The highest BCUT2D eigenvalue weighted by atomic mass is 32.2. The Balaban J connectivity index is 1.84. The number of aryl methyl sites for hydroxylation is 1. The number of hydrogen-bond acceptors (Lipinski definition) is 6. The van der Waals surface area contributed by atoms with Gasteiger partial charge in [-0.3, -0.25) is 10.1 Å². The second-order valence-electron chi connectivity index (χ2n) is 4.45. The highest BCUT2D eigenvalue weighted by Crippen LogP contribution is 2.26. The Morgan fingerprint density at radius 3 is 3.05 bits per heavy atom. The number of rotatable bonds is 3. The molecule has 2 N–H and O–H groups in total. The fourth-order valence-electron chi connectivity index (χ4n) is 1.97. The smallest absolute Gasteiger partial charge is 0.260 e. The van der Waals surface area contributed by atoms with E-state index in [0.717, 1.165) is 17.2 Å². The van der Waals surface area contributed by atoms with E-state index in [9.17, 15) is 4.79 Å². The predicted octanol–water partition coefficient (Wildman–Crippen LogP) is 1.65. The molecule has 1 aliphatic heterocycles. The molecule has 1 fully saturated rings. The van der Waals surface area contributed by atoms with Crippen molar-refractivity contribution in [3.05, 3.63) is 30.1 Å². The number of hydrogen-bond donors (Lipinski definition) is 2. The lowest BCUT2D eigenvalue weighted by Crippen LogP contribution is -2.37. The molecular weight excluding hydrogens is 276 g/mol. The van der Waals surface area contributed by atoms with Gasteiger partial charge in [0.15, 0.2) is 5.82 Å².